The van der Waals surface area contributed by atoms with Crippen LogP contribution in [0, 0.1) is 0 Å². The van der Waals surface area contributed by atoms with E-state index in [-0.39, 0.29) is 5.56 Å². The maximum absolute atomic E-state index is 11.6. The van der Waals surface area contributed by atoms with Crippen molar-refractivity contribution >= 4 is 17.0 Å². The molecule has 4 aromatic rings. The molecular formula is C31H40N4O2. The molecule has 0 unspecified atom stereocenters. The molecule has 0 saturated heterocycles. The fraction of sp³-hybridized carbons (Fsp3) is 0.387. The molecule has 6 heteroatoms. The van der Waals surface area contributed by atoms with Crippen LogP contribution >= 0.6 is 0 Å². The fourth-order valence-electron chi connectivity index (χ4n) is 4.71. The third-order valence-electron chi connectivity index (χ3n) is 6.37. The highest BCUT2D eigenvalue weighted by atomic mass is 16.4. The highest BCUT2D eigenvalue weighted by Crippen LogP contribution is 2.33. The van der Waals surface area contributed by atoms with Crippen LogP contribution in [0.5, 0.6) is 0 Å². The van der Waals surface area contributed by atoms with Gasteiger partial charge in [-0.2, -0.15) is 0 Å². The summed E-state index contributed by atoms with van der Waals surface area (Å²) >= 11 is 0. The minimum absolute atomic E-state index is 0.266. The highest BCUT2D eigenvalue weighted by molar-refractivity contribution is 5.93. The Morgan fingerprint density at radius 2 is 1.76 bits per heavy atom. The fourth-order valence-corrected chi connectivity index (χ4v) is 4.71. The molecule has 0 radical (unpaired) electrons. The summed E-state index contributed by atoms with van der Waals surface area (Å²) in [5, 5.41) is 13.0. The van der Waals surface area contributed by atoms with E-state index in [1.807, 2.05) is 32.2 Å². The van der Waals surface area contributed by atoms with E-state index in [0.29, 0.717) is 6.04 Å². The van der Waals surface area contributed by atoms with Crippen molar-refractivity contribution in [3.63, 3.8) is 0 Å². The topological polar surface area (TPSA) is 80.0 Å². The number of nitrogens with zero attached hydrogens (tertiary/aromatic N) is 3. The number of carboxylic acid groups (broad SMARTS) is 1. The first-order valence-corrected chi connectivity index (χ1v) is 13.5. The predicted octanol–water partition coefficient (Wildman–Crippen LogP) is 7.30. The number of carboxylic acids is 1. The van der Waals surface area contributed by atoms with Crippen molar-refractivity contribution < 1.29 is 9.90 Å². The van der Waals surface area contributed by atoms with Crippen LogP contribution in [0.2, 0.25) is 0 Å². The van der Waals surface area contributed by atoms with Gasteiger partial charge in [-0.05, 0) is 67.3 Å². The number of hydrogen-bond acceptors (Lipinski definition) is 4. The molecule has 0 saturated carbocycles. The van der Waals surface area contributed by atoms with Crippen LogP contribution in [0.3, 0.4) is 0 Å². The van der Waals surface area contributed by atoms with Crippen molar-refractivity contribution in [1.29, 1.82) is 0 Å². The lowest BCUT2D eigenvalue weighted by molar-refractivity contribution is 0.0697. The smallest absolute Gasteiger partial charge is 0.335 e. The molecular weight excluding hydrogens is 460 g/mol. The van der Waals surface area contributed by atoms with Crippen LogP contribution in [0.15, 0.2) is 67.0 Å². The summed E-state index contributed by atoms with van der Waals surface area (Å²) < 4.78 is 2.34. The molecule has 4 rings (SSSR count). The van der Waals surface area contributed by atoms with E-state index >= 15 is 0 Å². The lowest BCUT2D eigenvalue weighted by Crippen LogP contribution is -2.16. The van der Waals surface area contributed by atoms with Gasteiger partial charge in [0.15, 0.2) is 0 Å². The van der Waals surface area contributed by atoms with Crippen LogP contribution in [0.25, 0.3) is 22.4 Å². The lowest BCUT2D eigenvalue weighted by atomic mass is 10.0. The molecule has 37 heavy (non-hydrogen) atoms. The van der Waals surface area contributed by atoms with E-state index in [2.05, 4.69) is 59.0 Å². The van der Waals surface area contributed by atoms with Crippen LogP contribution in [0.1, 0.15) is 80.9 Å². The second-order valence-electron chi connectivity index (χ2n) is 9.03. The summed E-state index contributed by atoms with van der Waals surface area (Å²) in [5.41, 5.74) is 5.47. The molecule has 2 aromatic carbocycles. The number of aromatic carboxylic acids is 1. The summed E-state index contributed by atoms with van der Waals surface area (Å²) in [6.45, 7) is 10.1. The first-order chi connectivity index (χ1) is 18.1. The van der Waals surface area contributed by atoms with E-state index < -0.39 is 5.97 Å². The SMILES string of the molecule is CC.CCCC(CCC)n1c(-c2cccc(CNCCc3cccnc3)c2)nc2cc(C(=O)O)ccc21. The molecule has 2 heterocycles. The van der Waals surface area contributed by atoms with E-state index in [0.717, 1.165) is 67.6 Å². The number of hydrogen-bond donors (Lipinski definition) is 2. The van der Waals surface area contributed by atoms with Crippen molar-refractivity contribution in [1.82, 2.24) is 19.9 Å². The van der Waals surface area contributed by atoms with Gasteiger partial charge >= 0.3 is 5.97 Å². The Morgan fingerprint density at radius 1 is 1.00 bits per heavy atom. The van der Waals surface area contributed by atoms with Gasteiger partial charge in [0, 0.05) is 30.5 Å². The van der Waals surface area contributed by atoms with Crippen LogP contribution in [0.4, 0.5) is 0 Å². The van der Waals surface area contributed by atoms with Crippen LogP contribution < -0.4 is 5.32 Å². The lowest BCUT2D eigenvalue weighted by Gasteiger charge is -2.21. The van der Waals surface area contributed by atoms with E-state index in [1.165, 1.54) is 11.1 Å². The van der Waals surface area contributed by atoms with Gasteiger partial charge in [-0.25, -0.2) is 9.78 Å². The Kier molecular flexibility index (Phi) is 10.8. The number of carbonyl (C=O) groups is 1. The molecule has 2 N–H and O–H groups in total. The number of fused-ring (bicyclic) bond motifs is 1. The molecule has 0 aliphatic rings. The summed E-state index contributed by atoms with van der Waals surface area (Å²) in [4.78, 5) is 20.7. The van der Waals surface area contributed by atoms with Gasteiger partial charge in [-0.15, -0.1) is 0 Å². The molecule has 0 aliphatic heterocycles. The summed E-state index contributed by atoms with van der Waals surface area (Å²) in [6.07, 6.45) is 8.92. The largest absolute Gasteiger partial charge is 0.478 e. The third kappa shape index (κ3) is 7.26. The Balaban J connectivity index is 0.00000186. The van der Waals surface area contributed by atoms with Crippen LogP contribution in [-0.4, -0.2) is 32.2 Å². The Hall–Kier alpha value is -3.51. The number of benzene rings is 2. The zero-order valence-electron chi connectivity index (χ0n) is 22.6. The van der Waals surface area contributed by atoms with E-state index in [4.69, 9.17) is 4.98 Å². The maximum Gasteiger partial charge on any atom is 0.335 e. The Labute approximate surface area is 220 Å². The van der Waals surface area contributed by atoms with Gasteiger partial charge in [0.2, 0.25) is 0 Å². The second-order valence-corrected chi connectivity index (χ2v) is 9.03. The van der Waals surface area contributed by atoms with Crippen molar-refractivity contribution in [2.45, 2.75) is 72.4 Å². The minimum atomic E-state index is -0.930. The first kappa shape index (κ1) is 28.1. The summed E-state index contributed by atoms with van der Waals surface area (Å²) in [5.74, 6) is -0.0207. The zero-order chi connectivity index (χ0) is 26.6. The number of aromatic nitrogens is 3. The number of nitrogens with one attached hydrogen (secondary N) is 1. The predicted molar refractivity (Wildman–Crippen MR) is 152 cm³/mol. The molecule has 0 fully saturated rings. The Bertz CT molecular complexity index is 1260. The standard InChI is InChI=1S/C29H34N4O2.C2H6/c1-3-7-25(8-4-2)33-27-13-12-24(29(34)35)18-26(27)32-28(33)23-11-5-9-22(17-23)20-31-16-14-21-10-6-15-30-19-21;1-2/h5-6,9-13,15,17-19,25,31H,3-4,7-8,14,16,20H2,1-2H3,(H,34,35);1-2H3. The quantitative estimate of drug-likeness (QED) is 0.200. The van der Waals surface area contributed by atoms with Crippen molar-refractivity contribution in [2.24, 2.45) is 0 Å². The monoisotopic (exact) mass is 500 g/mol. The van der Waals surface area contributed by atoms with Crippen molar-refractivity contribution in [2.75, 3.05) is 6.54 Å². The number of imidazole rings is 1. The average molecular weight is 501 g/mol. The van der Waals surface area contributed by atoms with E-state index in [1.54, 1.807) is 18.3 Å². The normalized spacial score (nSPS) is 10.9. The van der Waals surface area contributed by atoms with Crippen LogP contribution in [-0.2, 0) is 13.0 Å². The molecule has 0 amide bonds. The van der Waals surface area contributed by atoms with Gasteiger partial charge in [-0.1, -0.05) is 64.8 Å². The van der Waals surface area contributed by atoms with Gasteiger partial charge in [0.25, 0.3) is 0 Å². The van der Waals surface area contributed by atoms with Crippen molar-refractivity contribution in [3.05, 3.63) is 83.7 Å². The zero-order valence-corrected chi connectivity index (χ0v) is 22.6. The first-order valence-electron chi connectivity index (χ1n) is 13.5. The third-order valence-corrected chi connectivity index (χ3v) is 6.37. The van der Waals surface area contributed by atoms with Gasteiger partial charge < -0.3 is 15.0 Å². The maximum atomic E-state index is 11.6. The molecule has 6 nitrogen and oxygen atoms in total. The molecule has 0 atom stereocenters. The number of rotatable bonds is 12. The van der Waals surface area contributed by atoms with E-state index in [9.17, 15) is 9.90 Å². The molecule has 0 spiro atoms. The van der Waals surface area contributed by atoms with Crippen molar-refractivity contribution in [3.8, 4) is 11.4 Å². The molecule has 2 aromatic heterocycles. The Morgan fingerprint density at radius 3 is 2.43 bits per heavy atom. The molecule has 0 aliphatic carbocycles. The number of pyridine rings is 1. The highest BCUT2D eigenvalue weighted by Gasteiger charge is 2.20. The van der Waals surface area contributed by atoms with Gasteiger partial charge in [0.05, 0.1) is 16.6 Å². The molecule has 196 valence electrons. The second kappa shape index (κ2) is 14.3. The minimum Gasteiger partial charge on any atom is -0.478 e. The summed E-state index contributed by atoms with van der Waals surface area (Å²) in [6, 6.07) is 18.2. The summed E-state index contributed by atoms with van der Waals surface area (Å²) in [7, 11) is 0. The average Bonchev–Trinajstić information content (AvgIpc) is 3.32. The molecule has 0 bridgehead atoms. The van der Waals surface area contributed by atoms with Gasteiger partial charge in [0.1, 0.15) is 5.82 Å². The van der Waals surface area contributed by atoms with Gasteiger partial charge in [-0.3, -0.25) is 4.98 Å².